The van der Waals surface area contributed by atoms with E-state index in [4.69, 9.17) is 9.88 Å². The van der Waals surface area contributed by atoms with Gasteiger partial charge in [-0.3, -0.25) is 0 Å². The van der Waals surface area contributed by atoms with E-state index in [1.807, 2.05) is 13.8 Å². The molecule has 3 rings (SSSR count). The molecule has 4 N–H and O–H groups in total. The van der Waals surface area contributed by atoms with Gasteiger partial charge in [-0.05, 0) is 56.2 Å². The number of primary sulfonamides is 1. The van der Waals surface area contributed by atoms with Crippen molar-refractivity contribution in [3.05, 3.63) is 36.3 Å². The van der Waals surface area contributed by atoms with Gasteiger partial charge in [-0.2, -0.15) is 0 Å². The maximum absolute atomic E-state index is 11.9. The van der Waals surface area contributed by atoms with E-state index in [0.29, 0.717) is 11.8 Å². The topological polar surface area (TPSA) is 149 Å². The Labute approximate surface area is 175 Å². The number of hydrogen-bond acceptors (Lipinski definition) is 8. The van der Waals surface area contributed by atoms with E-state index in [1.165, 1.54) is 18.3 Å². The minimum absolute atomic E-state index is 0.0693. The molecule has 0 bridgehead atoms. The molecule has 0 spiro atoms. The second-order valence-electron chi connectivity index (χ2n) is 7.38. The fourth-order valence-electron chi connectivity index (χ4n) is 3.19. The summed E-state index contributed by atoms with van der Waals surface area (Å²) < 4.78 is 28.0. The van der Waals surface area contributed by atoms with Crippen LogP contribution in [0.5, 0.6) is 0 Å². The second kappa shape index (κ2) is 9.35. The number of carbonyl (C=O) groups excluding carboxylic acids is 1. The van der Waals surface area contributed by atoms with Crippen molar-refractivity contribution < 1.29 is 17.9 Å². The molecule has 0 aliphatic heterocycles. The molecular formula is C19H26N6O4S. The second-order valence-corrected chi connectivity index (χ2v) is 8.94. The van der Waals surface area contributed by atoms with Crippen molar-refractivity contribution in [2.75, 3.05) is 5.32 Å². The zero-order chi connectivity index (χ0) is 21.7. The predicted octanol–water partition coefficient (Wildman–Crippen LogP) is 2.42. The Morgan fingerprint density at radius 1 is 1.23 bits per heavy atom. The number of amides is 1. The lowest BCUT2D eigenvalue weighted by molar-refractivity contribution is 0.0975. The summed E-state index contributed by atoms with van der Waals surface area (Å²) in [5, 5.41) is 10.8. The molecule has 11 heteroatoms. The number of sulfonamides is 1. The van der Waals surface area contributed by atoms with E-state index in [1.54, 1.807) is 12.4 Å². The first-order valence-corrected chi connectivity index (χ1v) is 11.3. The summed E-state index contributed by atoms with van der Waals surface area (Å²) in [5.41, 5.74) is 0.978. The largest absolute Gasteiger partial charge is 0.446 e. The molecule has 0 unspecified atom stereocenters. The molecule has 2 aromatic heterocycles. The van der Waals surface area contributed by atoms with Gasteiger partial charge in [0.1, 0.15) is 16.8 Å². The van der Waals surface area contributed by atoms with Crippen LogP contribution in [0.4, 0.5) is 16.6 Å². The molecule has 2 aromatic rings. The number of carbonyl (C=O) groups is 1. The van der Waals surface area contributed by atoms with Crippen LogP contribution >= 0.6 is 0 Å². The van der Waals surface area contributed by atoms with E-state index < -0.39 is 10.0 Å². The van der Waals surface area contributed by atoms with Crippen LogP contribution in [0.2, 0.25) is 0 Å². The Balaban J connectivity index is 1.54. The van der Waals surface area contributed by atoms with Gasteiger partial charge in [0, 0.05) is 24.6 Å². The van der Waals surface area contributed by atoms with Gasteiger partial charge in [-0.15, -0.1) is 0 Å². The highest BCUT2D eigenvalue weighted by Crippen LogP contribution is 2.35. The molecule has 10 nitrogen and oxygen atoms in total. The summed E-state index contributed by atoms with van der Waals surface area (Å²) in [4.78, 5) is 24.4. The van der Waals surface area contributed by atoms with Crippen LogP contribution in [-0.4, -0.2) is 41.6 Å². The standard InChI is InChI=1S/C19H26N6O4S/c1-3-12(2)24-19(26)29-15-5-4-13(8-15)14-9-22-18(23-10-14)25-17-7-6-16(11-21-17)30(20,27)28/h6-7,9-13,15H,3-5,8H2,1-2H3,(H,24,26)(H2,20,27,28)(H,21,22,23,25)/t12-,13-,15+/m0/s1. The highest BCUT2D eigenvalue weighted by Gasteiger charge is 2.29. The van der Waals surface area contributed by atoms with Crippen LogP contribution in [-0.2, 0) is 14.8 Å². The van der Waals surface area contributed by atoms with Crippen LogP contribution in [0, 0.1) is 0 Å². The normalized spacial score (nSPS) is 19.8. The minimum Gasteiger partial charge on any atom is -0.446 e. The third-order valence-electron chi connectivity index (χ3n) is 5.08. The first kappa shape index (κ1) is 21.9. The zero-order valence-corrected chi connectivity index (χ0v) is 17.7. The molecule has 1 aliphatic carbocycles. The summed E-state index contributed by atoms with van der Waals surface area (Å²) in [6, 6.07) is 2.93. The molecule has 162 valence electrons. The summed E-state index contributed by atoms with van der Waals surface area (Å²) in [7, 11) is -3.78. The number of aromatic nitrogens is 3. The number of nitrogens with zero attached hydrogens (tertiary/aromatic N) is 3. The quantitative estimate of drug-likeness (QED) is 0.601. The molecule has 0 saturated heterocycles. The van der Waals surface area contributed by atoms with E-state index in [-0.39, 0.29) is 29.1 Å². The van der Waals surface area contributed by atoms with Crippen LogP contribution in [0.3, 0.4) is 0 Å². The Morgan fingerprint density at radius 2 is 1.97 bits per heavy atom. The Bertz CT molecular complexity index is 966. The van der Waals surface area contributed by atoms with Crippen LogP contribution in [0.15, 0.2) is 35.6 Å². The van der Waals surface area contributed by atoms with Gasteiger partial charge >= 0.3 is 6.09 Å². The molecule has 30 heavy (non-hydrogen) atoms. The van der Waals surface area contributed by atoms with Gasteiger partial charge in [0.05, 0.1) is 0 Å². The third-order valence-corrected chi connectivity index (χ3v) is 5.98. The third kappa shape index (κ3) is 5.86. The fourth-order valence-corrected chi connectivity index (χ4v) is 3.65. The van der Waals surface area contributed by atoms with E-state index in [0.717, 1.165) is 31.2 Å². The van der Waals surface area contributed by atoms with Gasteiger partial charge < -0.3 is 15.4 Å². The minimum atomic E-state index is -3.78. The number of ether oxygens (including phenoxy) is 1. The number of nitrogens with two attached hydrogens (primary N) is 1. The lowest BCUT2D eigenvalue weighted by Gasteiger charge is -2.16. The highest BCUT2D eigenvalue weighted by atomic mass is 32.2. The van der Waals surface area contributed by atoms with Crippen molar-refractivity contribution in [1.82, 2.24) is 20.3 Å². The first-order chi connectivity index (χ1) is 14.2. The van der Waals surface area contributed by atoms with E-state index >= 15 is 0 Å². The van der Waals surface area contributed by atoms with Gasteiger partial charge in [0.2, 0.25) is 16.0 Å². The average molecular weight is 435 g/mol. The number of anilines is 2. The summed E-state index contributed by atoms with van der Waals surface area (Å²) in [5.74, 6) is 0.970. The smallest absolute Gasteiger partial charge is 0.407 e. The number of pyridine rings is 1. The van der Waals surface area contributed by atoms with Crippen molar-refractivity contribution in [3.8, 4) is 0 Å². The number of hydrogen-bond donors (Lipinski definition) is 3. The summed E-state index contributed by atoms with van der Waals surface area (Å²) >= 11 is 0. The van der Waals surface area contributed by atoms with Gasteiger partial charge in [-0.25, -0.2) is 33.3 Å². The van der Waals surface area contributed by atoms with Crippen molar-refractivity contribution >= 4 is 27.9 Å². The van der Waals surface area contributed by atoms with E-state index in [2.05, 4.69) is 25.6 Å². The van der Waals surface area contributed by atoms with Crippen molar-refractivity contribution in [1.29, 1.82) is 0 Å². The molecule has 1 amide bonds. The number of alkyl carbamates (subject to hydrolysis) is 1. The van der Waals surface area contributed by atoms with Crippen LogP contribution < -0.4 is 15.8 Å². The number of rotatable bonds is 7. The fraction of sp³-hybridized carbons (Fsp3) is 0.474. The highest BCUT2D eigenvalue weighted by molar-refractivity contribution is 7.89. The Kier molecular flexibility index (Phi) is 6.83. The maximum Gasteiger partial charge on any atom is 0.407 e. The van der Waals surface area contributed by atoms with Gasteiger partial charge in [-0.1, -0.05) is 6.92 Å². The zero-order valence-electron chi connectivity index (χ0n) is 16.9. The van der Waals surface area contributed by atoms with Crippen LogP contribution in [0.25, 0.3) is 0 Å². The number of nitrogens with one attached hydrogen (secondary N) is 2. The summed E-state index contributed by atoms with van der Waals surface area (Å²) in [6.07, 6.45) is 7.45. The molecule has 1 saturated carbocycles. The van der Waals surface area contributed by atoms with Crippen LogP contribution in [0.1, 0.15) is 51.0 Å². The molecule has 0 radical (unpaired) electrons. The summed E-state index contributed by atoms with van der Waals surface area (Å²) in [6.45, 7) is 3.94. The van der Waals surface area contributed by atoms with Crippen molar-refractivity contribution in [2.24, 2.45) is 5.14 Å². The molecule has 1 fully saturated rings. The lowest BCUT2D eigenvalue weighted by atomic mass is 10.0. The lowest BCUT2D eigenvalue weighted by Crippen LogP contribution is -2.34. The van der Waals surface area contributed by atoms with Gasteiger partial charge in [0.15, 0.2) is 0 Å². The van der Waals surface area contributed by atoms with Crippen molar-refractivity contribution in [3.63, 3.8) is 0 Å². The molecule has 2 heterocycles. The molecule has 0 aromatic carbocycles. The molecular weight excluding hydrogens is 408 g/mol. The maximum atomic E-state index is 11.9. The Hall–Kier alpha value is -2.79. The Morgan fingerprint density at radius 3 is 2.57 bits per heavy atom. The van der Waals surface area contributed by atoms with Crippen molar-refractivity contribution in [2.45, 2.75) is 62.5 Å². The predicted molar refractivity (Wildman–Crippen MR) is 111 cm³/mol. The van der Waals surface area contributed by atoms with Gasteiger partial charge in [0.25, 0.3) is 0 Å². The molecule has 3 atom stereocenters. The first-order valence-electron chi connectivity index (χ1n) is 9.79. The van der Waals surface area contributed by atoms with E-state index in [9.17, 15) is 13.2 Å². The monoisotopic (exact) mass is 434 g/mol. The molecule has 1 aliphatic rings. The SMILES string of the molecule is CC[C@H](C)NC(=O)O[C@@H]1CC[C@H](c2cnc(Nc3ccc(S(N)(=O)=O)cn3)nc2)C1. The average Bonchev–Trinajstić information content (AvgIpc) is 3.16.